The molecule has 1 aromatic carbocycles. The third kappa shape index (κ3) is 6.03. The zero-order valence-electron chi connectivity index (χ0n) is 18.4. The average Bonchev–Trinajstić information content (AvgIpc) is 3.21. The molecule has 166 valence electrons. The Morgan fingerprint density at radius 2 is 2.00 bits per heavy atom. The number of ether oxygens (including phenoxy) is 1. The lowest BCUT2D eigenvalue weighted by Crippen LogP contribution is -2.47. The topological polar surface area (TPSA) is 82.7 Å². The minimum Gasteiger partial charge on any atom is -0.495 e. The van der Waals surface area contributed by atoms with E-state index in [1.807, 2.05) is 32.0 Å². The highest BCUT2D eigenvalue weighted by molar-refractivity contribution is 5.79. The number of urea groups is 1. The number of benzene rings is 1. The summed E-state index contributed by atoms with van der Waals surface area (Å²) in [6.07, 6.45) is 4.57. The van der Waals surface area contributed by atoms with Gasteiger partial charge in [-0.15, -0.1) is 0 Å². The first kappa shape index (κ1) is 22.2. The summed E-state index contributed by atoms with van der Waals surface area (Å²) in [7, 11) is 1.70. The molecule has 0 aromatic heterocycles. The maximum atomic E-state index is 12.4. The molecule has 1 saturated carbocycles. The van der Waals surface area contributed by atoms with Gasteiger partial charge >= 0.3 is 6.03 Å². The number of nitrogens with zero attached hydrogens (tertiary/aromatic N) is 1. The summed E-state index contributed by atoms with van der Waals surface area (Å²) >= 11 is 0. The Bertz CT molecular complexity index is 724. The van der Waals surface area contributed by atoms with E-state index in [2.05, 4.69) is 26.9 Å². The van der Waals surface area contributed by atoms with Gasteiger partial charge in [0.25, 0.3) is 0 Å². The van der Waals surface area contributed by atoms with Crippen LogP contribution in [0.25, 0.3) is 0 Å². The first-order valence-electron chi connectivity index (χ1n) is 11.2. The molecule has 0 bridgehead atoms. The number of rotatable bonds is 7. The van der Waals surface area contributed by atoms with Crippen molar-refractivity contribution in [2.45, 2.75) is 58.0 Å². The van der Waals surface area contributed by atoms with E-state index in [0.717, 1.165) is 56.6 Å². The molecule has 3 amide bonds. The van der Waals surface area contributed by atoms with Gasteiger partial charge in [0, 0.05) is 37.6 Å². The van der Waals surface area contributed by atoms with Gasteiger partial charge in [0.2, 0.25) is 5.91 Å². The van der Waals surface area contributed by atoms with Crippen LogP contribution in [0.5, 0.6) is 5.75 Å². The molecule has 1 saturated heterocycles. The van der Waals surface area contributed by atoms with Crippen molar-refractivity contribution in [1.82, 2.24) is 16.0 Å². The zero-order chi connectivity index (χ0) is 21.5. The molecule has 3 atom stereocenters. The van der Waals surface area contributed by atoms with Crippen molar-refractivity contribution in [3.63, 3.8) is 0 Å². The van der Waals surface area contributed by atoms with Gasteiger partial charge in [-0.3, -0.25) is 4.79 Å². The van der Waals surface area contributed by atoms with E-state index in [0.29, 0.717) is 12.5 Å². The molecule has 2 aliphatic rings. The molecule has 0 spiro atoms. The summed E-state index contributed by atoms with van der Waals surface area (Å²) in [4.78, 5) is 27.0. The van der Waals surface area contributed by atoms with Crippen LogP contribution in [0.15, 0.2) is 24.3 Å². The minimum atomic E-state index is -0.124. The third-order valence-corrected chi connectivity index (χ3v) is 6.07. The van der Waals surface area contributed by atoms with Gasteiger partial charge < -0.3 is 25.6 Å². The van der Waals surface area contributed by atoms with Crippen molar-refractivity contribution in [3.05, 3.63) is 24.3 Å². The highest BCUT2D eigenvalue weighted by Gasteiger charge is 2.29. The number of hydrogen-bond acceptors (Lipinski definition) is 4. The number of para-hydroxylation sites is 2. The normalized spacial score (nSPS) is 23.9. The second-order valence-corrected chi connectivity index (χ2v) is 8.85. The van der Waals surface area contributed by atoms with Crippen molar-refractivity contribution in [3.8, 4) is 5.75 Å². The number of amides is 3. The minimum absolute atomic E-state index is 0.00399. The van der Waals surface area contributed by atoms with Crippen LogP contribution < -0.4 is 25.6 Å². The molecule has 30 heavy (non-hydrogen) atoms. The van der Waals surface area contributed by atoms with Crippen LogP contribution >= 0.6 is 0 Å². The SMILES string of the molecule is COc1ccccc1N1CCC(CNC(=O)NC2CCCC(C(=O)NC(C)C)C2)C1. The summed E-state index contributed by atoms with van der Waals surface area (Å²) in [6, 6.07) is 8.15. The van der Waals surface area contributed by atoms with Crippen molar-refractivity contribution in [1.29, 1.82) is 0 Å². The molecule has 1 aromatic rings. The Labute approximate surface area is 179 Å². The van der Waals surface area contributed by atoms with Gasteiger partial charge in [-0.05, 0) is 57.6 Å². The predicted octanol–water partition coefficient (Wildman–Crippen LogP) is 2.90. The number of hydrogen-bond donors (Lipinski definition) is 3. The maximum absolute atomic E-state index is 12.4. The molecule has 1 heterocycles. The second kappa shape index (κ2) is 10.5. The highest BCUT2D eigenvalue weighted by Crippen LogP contribution is 2.31. The maximum Gasteiger partial charge on any atom is 0.315 e. The monoisotopic (exact) mass is 416 g/mol. The van der Waals surface area contributed by atoms with Crippen LogP contribution in [0.4, 0.5) is 10.5 Å². The lowest BCUT2D eigenvalue weighted by Gasteiger charge is -2.29. The van der Waals surface area contributed by atoms with Crippen LogP contribution in [0, 0.1) is 11.8 Å². The number of methoxy groups -OCH3 is 1. The molecule has 2 fully saturated rings. The van der Waals surface area contributed by atoms with Crippen LogP contribution in [0.2, 0.25) is 0 Å². The van der Waals surface area contributed by atoms with Crippen molar-refractivity contribution < 1.29 is 14.3 Å². The molecular weight excluding hydrogens is 380 g/mol. The number of anilines is 1. The molecule has 3 rings (SSSR count). The molecule has 3 N–H and O–H groups in total. The van der Waals surface area contributed by atoms with Gasteiger partial charge in [-0.2, -0.15) is 0 Å². The lowest BCUT2D eigenvalue weighted by molar-refractivity contribution is -0.126. The van der Waals surface area contributed by atoms with E-state index in [4.69, 9.17) is 4.74 Å². The summed E-state index contributed by atoms with van der Waals surface area (Å²) in [5.74, 6) is 1.41. The van der Waals surface area contributed by atoms with Gasteiger partial charge in [-0.25, -0.2) is 4.79 Å². The fourth-order valence-electron chi connectivity index (χ4n) is 4.54. The summed E-state index contributed by atoms with van der Waals surface area (Å²) < 4.78 is 5.47. The van der Waals surface area contributed by atoms with E-state index in [1.165, 1.54) is 0 Å². The standard InChI is InChI=1S/C23H36N4O3/c1-16(2)25-22(28)18-7-6-8-19(13-18)26-23(29)24-14-17-11-12-27(15-17)20-9-4-5-10-21(20)30-3/h4-5,9-10,16-19H,6-8,11-15H2,1-3H3,(H,25,28)(H2,24,26,29). The van der Waals surface area contributed by atoms with Gasteiger partial charge in [0.1, 0.15) is 5.75 Å². The largest absolute Gasteiger partial charge is 0.495 e. The Morgan fingerprint density at radius 3 is 2.77 bits per heavy atom. The average molecular weight is 417 g/mol. The number of carbonyl (C=O) groups is 2. The van der Waals surface area contributed by atoms with E-state index in [-0.39, 0.29) is 29.9 Å². The van der Waals surface area contributed by atoms with E-state index < -0.39 is 0 Å². The van der Waals surface area contributed by atoms with Crippen LogP contribution in [-0.2, 0) is 4.79 Å². The van der Waals surface area contributed by atoms with Crippen molar-refractivity contribution in [2.75, 3.05) is 31.6 Å². The predicted molar refractivity (Wildman–Crippen MR) is 119 cm³/mol. The van der Waals surface area contributed by atoms with Gasteiger partial charge in [0.15, 0.2) is 0 Å². The molecule has 1 aliphatic heterocycles. The first-order chi connectivity index (χ1) is 14.5. The molecular formula is C23H36N4O3. The van der Waals surface area contributed by atoms with Gasteiger partial charge in [-0.1, -0.05) is 18.6 Å². The van der Waals surface area contributed by atoms with Crippen molar-refractivity contribution >= 4 is 17.6 Å². The summed E-state index contributed by atoms with van der Waals surface area (Å²) in [5.41, 5.74) is 1.11. The second-order valence-electron chi connectivity index (χ2n) is 8.85. The summed E-state index contributed by atoms with van der Waals surface area (Å²) in [6.45, 7) is 6.47. The van der Waals surface area contributed by atoms with E-state index in [1.54, 1.807) is 7.11 Å². The number of carbonyl (C=O) groups excluding carboxylic acids is 2. The molecule has 7 heteroatoms. The molecule has 1 aliphatic carbocycles. The fraction of sp³-hybridized carbons (Fsp3) is 0.652. The molecule has 7 nitrogen and oxygen atoms in total. The Balaban J connectivity index is 1.41. The third-order valence-electron chi connectivity index (χ3n) is 6.07. The van der Waals surface area contributed by atoms with Crippen LogP contribution in [0.1, 0.15) is 46.0 Å². The lowest BCUT2D eigenvalue weighted by atomic mass is 9.85. The quantitative estimate of drug-likeness (QED) is 0.638. The highest BCUT2D eigenvalue weighted by atomic mass is 16.5. The summed E-state index contributed by atoms with van der Waals surface area (Å²) in [5, 5.41) is 9.11. The number of nitrogens with one attached hydrogen (secondary N) is 3. The van der Waals surface area contributed by atoms with E-state index >= 15 is 0 Å². The van der Waals surface area contributed by atoms with E-state index in [9.17, 15) is 9.59 Å². The Morgan fingerprint density at radius 1 is 1.20 bits per heavy atom. The Kier molecular flexibility index (Phi) is 7.82. The molecule has 3 unspecified atom stereocenters. The van der Waals surface area contributed by atoms with Crippen molar-refractivity contribution in [2.24, 2.45) is 11.8 Å². The van der Waals surface area contributed by atoms with Crippen LogP contribution in [0.3, 0.4) is 0 Å². The molecule has 0 radical (unpaired) electrons. The smallest absolute Gasteiger partial charge is 0.315 e. The van der Waals surface area contributed by atoms with Gasteiger partial charge in [0.05, 0.1) is 12.8 Å². The van der Waals surface area contributed by atoms with Crippen LogP contribution in [-0.4, -0.2) is 50.8 Å². The fourth-order valence-corrected chi connectivity index (χ4v) is 4.54. The Hall–Kier alpha value is -2.44. The first-order valence-corrected chi connectivity index (χ1v) is 11.2. The zero-order valence-corrected chi connectivity index (χ0v) is 18.4.